The van der Waals surface area contributed by atoms with Gasteiger partial charge in [-0.25, -0.2) is 8.42 Å². The zero-order valence-electron chi connectivity index (χ0n) is 20.7. The molecule has 0 saturated carbocycles. The van der Waals surface area contributed by atoms with Crippen LogP contribution >= 0.6 is 0 Å². The molecule has 1 aliphatic rings. The maximum Gasteiger partial charge on any atom is 0.264 e. The zero-order valence-corrected chi connectivity index (χ0v) is 21.5. The zero-order chi connectivity index (χ0) is 25.0. The number of nitrogens with one attached hydrogen (secondary N) is 1. The van der Waals surface area contributed by atoms with Crippen molar-refractivity contribution in [3.63, 3.8) is 0 Å². The number of sulfonamides is 1. The minimum Gasteiger partial charge on any atom is -0.348 e. The molecule has 0 aromatic heterocycles. The third-order valence-electron chi connectivity index (χ3n) is 6.72. The molecule has 0 radical (unpaired) electrons. The van der Waals surface area contributed by atoms with E-state index in [9.17, 15) is 13.2 Å². The smallest absolute Gasteiger partial charge is 0.264 e. The van der Waals surface area contributed by atoms with Crippen LogP contribution in [0.15, 0.2) is 77.7 Å². The van der Waals surface area contributed by atoms with Gasteiger partial charge in [0, 0.05) is 0 Å². The molecule has 5 nitrogen and oxygen atoms in total. The lowest BCUT2D eigenvalue weighted by Gasteiger charge is -2.26. The van der Waals surface area contributed by atoms with E-state index in [2.05, 4.69) is 37.4 Å². The molecular formula is C29H34N2O3S. The van der Waals surface area contributed by atoms with Crippen molar-refractivity contribution < 1.29 is 13.2 Å². The van der Waals surface area contributed by atoms with Gasteiger partial charge in [-0.2, -0.15) is 0 Å². The largest absolute Gasteiger partial charge is 0.348 e. The molecule has 1 amide bonds. The fourth-order valence-corrected chi connectivity index (χ4v) is 6.03. The van der Waals surface area contributed by atoms with E-state index < -0.39 is 10.0 Å². The van der Waals surface area contributed by atoms with E-state index in [1.807, 2.05) is 19.1 Å². The van der Waals surface area contributed by atoms with Crippen LogP contribution in [-0.4, -0.2) is 20.9 Å². The van der Waals surface area contributed by atoms with E-state index >= 15 is 0 Å². The molecule has 3 aromatic rings. The SMILES string of the molecule is CC(C)c1ccc(N(CC(=O)N[C@@H](C)c2ccc3c(c2)CCCC3)S(=O)(=O)c2ccccc2)cc1. The van der Waals surface area contributed by atoms with Crippen molar-refractivity contribution in [1.82, 2.24) is 5.32 Å². The summed E-state index contributed by atoms with van der Waals surface area (Å²) in [5, 5.41) is 3.01. The first-order valence-electron chi connectivity index (χ1n) is 12.3. The van der Waals surface area contributed by atoms with Crippen LogP contribution in [0.1, 0.15) is 67.8 Å². The first kappa shape index (κ1) is 25.0. The molecule has 0 bridgehead atoms. The highest BCUT2D eigenvalue weighted by Gasteiger charge is 2.28. The number of anilines is 1. The summed E-state index contributed by atoms with van der Waals surface area (Å²) in [6.45, 7) is 5.81. The van der Waals surface area contributed by atoms with Gasteiger partial charge >= 0.3 is 0 Å². The molecular weight excluding hydrogens is 456 g/mol. The number of amides is 1. The molecule has 4 rings (SSSR count). The molecule has 0 heterocycles. The Labute approximate surface area is 209 Å². The van der Waals surface area contributed by atoms with Crippen LogP contribution < -0.4 is 9.62 Å². The van der Waals surface area contributed by atoms with Crippen LogP contribution in [0.4, 0.5) is 5.69 Å². The highest BCUT2D eigenvalue weighted by atomic mass is 32.2. The van der Waals surface area contributed by atoms with Crippen molar-refractivity contribution in [2.75, 3.05) is 10.8 Å². The number of rotatable bonds is 8. The van der Waals surface area contributed by atoms with Crippen LogP contribution in [0.2, 0.25) is 0 Å². The van der Waals surface area contributed by atoms with Gasteiger partial charge in [-0.15, -0.1) is 0 Å². The molecule has 1 aliphatic carbocycles. The Hall–Kier alpha value is -3.12. The molecule has 0 unspecified atom stereocenters. The van der Waals surface area contributed by atoms with Gasteiger partial charge in [-0.05, 0) is 85.0 Å². The monoisotopic (exact) mass is 490 g/mol. The van der Waals surface area contributed by atoms with Gasteiger partial charge in [0.1, 0.15) is 6.54 Å². The van der Waals surface area contributed by atoms with Crippen LogP contribution in [0.25, 0.3) is 0 Å². The maximum absolute atomic E-state index is 13.5. The van der Waals surface area contributed by atoms with Crippen molar-refractivity contribution in [2.45, 2.75) is 63.3 Å². The van der Waals surface area contributed by atoms with Gasteiger partial charge in [0.2, 0.25) is 5.91 Å². The van der Waals surface area contributed by atoms with Crippen LogP contribution in [0.5, 0.6) is 0 Å². The van der Waals surface area contributed by atoms with Gasteiger partial charge in [0.25, 0.3) is 10.0 Å². The van der Waals surface area contributed by atoms with Crippen LogP contribution in [-0.2, 0) is 27.7 Å². The molecule has 1 N–H and O–H groups in total. The summed E-state index contributed by atoms with van der Waals surface area (Å²) < 4.78 is 28.3. The van der Waals surface area contributed by atoms with Crippen molar-refractivity contribution in [2.24, 2.45) is 0 Å². The van der Waals surface area contributed by atoms with E-state index in [-0.39, 0.29) is 23.4 Å². The molecule has 3 aromatic carbocycles. The molecule has 0 aliphatic heterocycles. The highest BCUT2D eigenvalue weighted by molar-refractivity contribution is 7.92. The second-order valence-electron chi connectivity index (χ2n) is 9.60. The molecule has 184 valence electrons. The van der Waals surface area contributed by atoms with Gasteiger partial charge in [-0.3, -0.25) is 9.10 Å². The van der Waals surface area contributed by atoms with Crippen molar-refractivity contribution in [3.8, 4) is 0 Å². The Morgan fingerprint density at radius 1 is 0.857 bits per heavy atom. The van der Waals surface area contributed by atoms with E-state index in [0.717, 1.165) is 24.0 Å². The van der Waals surface area contributed by atoms with Crippen molar-refractivity contribution >= 4 is 21.6 Å². The lowest BCUT2D eigenvalue weighted by Crippen LogP contribution is -2.41. The lowest BCUT2D eigenvalue weighted by molar-refractivity contribution is -0.120. The summed E-state index contributed by atoms with van der Waals surface area (Å²) in [6, 6.07) is 21.8. The topological polar surface area (TPSA) is 66.5 Å². The van der Waals surface area contributed by atoms with Gasteiger partial charge < -0.3 is 5.32 Å². The van der Waals surface area contributed by atoms with E-state index in [1.165, 1.54) is 28.3 Å². The quantitative estimate of drug-likeness (QED) is 0.436. The highest BCUT2D eigenvalue weighted by Crippen LogP contribution is 2.27. The second-order valence-corrected chi connectivity index (χ2v) is 11.5. The summed E-state index contributed by atoms with van der Waals surface area (Å²) in [7, 11) is -3.92. The Bertz CT molecular complexity index is 1270. The van der Waals surface area contributed by atoms with E-state index in [1.54, 1.807) is 42.5 Å². The third-order valence-corrected chi connectivity index (χ3v) is 8.50. The predicted octanol–water partition coefficient (Wildman–Crippen LogP) is 5.76. The van der Waals surface area contributed by atoms with Crippen LogP contribution in [0.3, 0.4) is 0 Å². The predicted molar refractivity (Wildman–Crippen MR) is 141 cm³/mol. The number of carbonyl (C=O) groups is 1. The van der Waals surface area contributed by atoms with E-state index in [4.69, 9.17) is 0 Å². The minimum atomic E-state index is -3.92. The fraction of sp³-hybridized carbons (Fsp3) is 0.345. The normalized spacial score (nSPS) is 14.3. The summed E-state index contributed by atoms with van der Waals surface area (Å²) in [4.78, 5) is 13.3. The molecule has 1 atom stereocenters. The number of hydrogen-bond donors (Lipinski definition) is 1. The summed E-state index contributed by atoms with van der Waals surface area (Å²) in [5.74, 6) is -0.0216. The second kappa shape index (κ2) is 10.6. The number of carbonyl (C=O) groups excluding carboxylic acids is 1. The summed E-state index contributed by atoms with van der Waals surface area (Å²) >= 11 is 0. The minimum absolute atomic E-state index is 0.156. The number of fused-ring (bicyclic) bond motifs is 1. The molecule has 0 saturated heterocycles. The summed E-state index contributed by atoms with van der Waals surface area (Å²) in [6.07, 6.45) is 4.60. The lowest BCUT2D eigenvalue weighted by atomic mass is 9.89. The fourth-order valence-electron chi connectivity index (χ4n) is 4.58. The molecule has 0 spiro atoms. The van der Waals surface area contributed by atoms with Gasteiger partial charge in [0.15, 0.2) is 0 Å². The standard InChI is InChI=1S/C29H34N2O3S/c1-21(2)23-15-17-27(18-16-23)31(35(33,34)28-11-5-4-6-12-28)20-29(32)30-22(3)25-14-13-24-9-7-8-10-26(24)19-25/h4-6,11-19,21-22H,7-10,20H2,1-3H3,(H,30,32)/t22-/m0/s1. The Kier molecular flexibility index (Phi) is 7.60. The summed E-state index contributed by atoms with van der Waals surface area (Å²) in [5.41, 5.74) is 5.36. The maximum atomic E-state index is 13.5. The first-order valence-corrected chi connectivity index (χ1v) is 13.8. The van der Waals surface area contributed by atoms with Crippen LogP contribution in [0, 0.1) is 0 Å². The first-order chi connectivity index (χ1) is 16.8. The average molecular weight is 491 g/mol. The molecule has 6 heteroatoms. The number of hydrogen-bond acceptors (Lipinski definition) is 3. The Balaban J connectivity index is 1.57. The molecule has 0 fully saturated rings. The van der Waals surface area contributed by atoms with Crippen molar-refractivity contribution in [3.05, 3.63) is 95.1 Å². The Morgan fingerprint density at radius 2 is 1.49 bits per heavy atom. The third kappa shape index (κ3) is 5.76. The van der Waals surface area contributed by atoms with Gasteiger partial charge in [-0.1, -0.05) is 62.4 Å². The number of benzene rings is 3. The van der Waals surface area contributed by atoms with Crippen molar-refractivity contribution in [1.29, 1.82) is 0 Å². The van der Waals surface area contributed by atoms with E-state index in [0.29, 0.717) is 11.6 Å². The molecule has 35 heavy (non-hydrogen) atoms. The van der Waals surface area contributed by atoms with Gasteiger partial charge in [0.05, 0.1) is 16.6 Å². The average Bonchev–Trinajstić information content (AvgIpc) is 2.87. The number of aryl methyl sites for hydroxylation is 2. The number of nitrogens with zero attached hydrogens (tertiary/aromatic N) is 1. The Morgan fingerprint density at radius 3 is 2.14 bits per heavy atom.